The van der Waals surface area contributed by atoms with Crippen LogP contribution in [0.1, 0.15) is 6.92 Å². The standard InChI is InChI=1S/C12H17NO12/c1-3(15)13-11-8(19)5(16)4(2-14)23-12(11,22)25-10(21)7(18)6(17)9(20)24-11/h4-8,14,16-19,22H,2H2,1H3,(H,13,15)/t4-,5-,6?,7?,8+,11+,12-/m1/s1. The van der Waals surface area contributed by atoms with E-state index in [2.05, 4.69) is 9.47 Å². The molecule has 0 bridgehead atoms. The van der Waals surface area contributed by atoms with Crippen molar-refractivity contribution in [3.63, 3.8) is 0 Å². The van der Waals surface area contributed by atoms with Crippen molar-refractivity contribution in [2.45, 2.75) is 49.1 Å². The molecule has 0 aromatic carbocycles. The minimum absolute atomic E-state index is 0.867. The molecule has 142 valence electrons. The Morgan fingerprint density at radius 1 is 1.12 bits per heavy atom. The average Bonchev–Trinajstić information content (AvgIpc) is 2.53. The van der Waals surface area contributed by atoms with Crippen LogP contribution in [0.15, 0.2) is 0 Å². The van der Waals surface area contributed by atoms with E-state index in [-0.39, 0.29) is 0 Å². The maximum atomic E-state index is 11.9. The van der Waals surface area contributed by atoms with Crippen LogP contribution < -0.4 is 5.32 Å². The second-order valence-electron chi connectivity index (χ2n) is 5.50. The number of carbonyl (C=O) groups is 3. The van der Waals surface area contributed by atoms with Gasteiger partial charge in [0.15, 0.2) is 18.3 Å². The zero-order valence-corrected chi connectivity index (χ0v) is 12.7. The van der Waals surface area contributed by atoms with Gasteiger partial charge in [0, 0.05) is 6.92 Å². The van der Waals surface area contributed by atoms with E-state index in [9.17, 15) is 39.9 Å². The van der Waals surface area contributed by atoms with Crippen LogP contribution in [0.4, 0.5) is 0 Å². The van der Waals surface area contributed by atoms with E-state index in [1.165, 1.54) is 0 Å². The summed E-state index contributed by atoms with van der Waals surface area (Å²) in [5, 5.41) is 60.8. The first-order chi connectivity index (χ1) is 11.5. The summed E-state index contributed by atoms with van der Waals surface area (Å²) >= 11 is 0. The molecule has 2 rings (SSSR count). The van der Waals surface area contributed by atoms with Gasteiger partial charge in [0.05, 0.1) is 6.61 Å². The van der Waals surface area contributed by atoms with Crippen molar-refractivity contribution < 1.29 is 59.2 Å². The quantitative estimate of drug-likeness (QED) is 0.228. The number of rotatable bonds is 2. The largest absolute Gasteiger partial charge is 0.424 e. The van der Waals surface area contributed by atoms with Gasteiger partial charge >= 0.3 is 23.6 Å². The number of aliphatic hydroxyl groups excluding tert-OH is 5. The SMILES string of the molecule is CC(=O)N[C@@]12OC(=O)C(O)C(O)C(=O)O[C@]1(O)O[C@H](CO)[C@@H](O)[C@@H]2O. The maximum absolute atomic E-state index is 11.9. The van der Waals surface area contributed by atoms with Crippen molar-refractivity contribution in [2.24, 2.45) is 0 Å². The van der Waals surface area contributed by atoms with E-state index >= 15 is 0 Å². The first-order valence-corrected chi connectivity index (χ1v) is 6.97. The van der Waals surface area contributed by atoms with Crippen molar-refractivity contribution >= 4 is 17.8 Å². The first kappa shape index (κ1) is 19.5. The molecule has 0 aromatic rings. The van der Waals surface area contributed by atoms with Gasteiger partial charge in [-0.15, -0.1) is 0 Å². The molecule has 2 aliphatic rings. The highest BCUT2D eigenvalue weighted by atomic mass is 16.9. The maximum Gasteiger partial charge on any atom is 0.393 e. The minimum atomic E-state index is -3.45. The third-order valence-electron chi connectivity index (χ3n) is 3.73. The van der Waals surface area contributed by atoms with Gasteiger partial charge in [-0.2, -0.15) is 0 Å². The third kappa shape index (κ3) is 2.95. The molecule has 0 aliphatic carbocycles. The molecular formula is C12H17NO12. The summed E-state index contributed by atoms with van der Waals surface area (Å²) in [6.07, 6.45) is -11.1. The van der Waals surface area contributed by atoms with Gasteiger partial charge in [-0.1, -0.05) is 0 Å². The van der Waals surface area contributed by atoms with Gasteiger partial charge in [0.1, 0.15) is 12.2 Å². The summed E-state index contributed by atoms with van der Waals surface area (Å²) in [6.45, 7) is -0.112. The van der Waals surface area contributed by atoms with E-state index < -0.39 is 66.7 Å². The van der Waals surface area contributed by atoms with Crippen LogP contribution >= 0.6 is 0 Å². The number of esters is 2. The van der Waals surface area contributed by atoms with E-state index in [0.717, 1.165) is 6.92 Å². The van der Waals surface area contributed by atoms with Gasteiger partial charge in [-0.3, -0.25) is 4.79 Å². The van der Waals surface area contributed by atoms with E-state index in [0.29, 0.717) is 0 Å². The zero-order chi connectivity index (χ0) is 19.2. The Bertz CT molecular complexity index is 582. The number of aliphatic hydroxyl groups is 6. The lowest BCUT2D eigenvalue weighted by molar-refractivity contribution is -0.474. The lowest BCUT2D eigenvalue weighted by Gasteiger charge is -2.53. The van der Waals surface area contributed by atoms with Crippen molar-refractivity contribution in [2.75, 3.05) is 6.61 Å². The molecule has 2 saturated heterocycles. The monoisotopic (exact) mass is 367 g/mol. The molecule has 7 N–H and O–H groups in total. The number of carbonyl (C=O) groups excluding carboxylic acids is 3. The smallest absolute Gasteiger partial charge is 0.393 e. The van der Waals surface area contributed by atoms with Crippen molar-refractivity contribution in [1.29, 1.82) is 0 Å². The van der Waals surface area contributed by atoms with E-state index in [4.69, 9.17) is 9.84 Å². The van der Waals surface area contributed by atoms with Crippen LogP contribution in [0.5, 0.6) is 0 Å². The Morgan fingerprint density at radius 2 is 1.64 bits per heavy atom. The highest BCUT2D eigenvalue weighted by Gasteiger charge is 2.72. The number of hydrogen-bond donors (Lipinski definition) is 7. The summed E-state index contributed by atoms with van der Waals surface area (Å²) in [7, 11) is 0. The fourth-order valence-electron chi connectivity index (χ4n) is 2.48. The van der Waals surface area contributed by atoms with Gasteiger partial charge in [0.25, 0.3) is 0 Å². The average molecular weight is 367 g/mol. The van der Waals surface area contributed by atoms with Crippen molar-refractivity contribution in [1.82, 2.24) is 5.32 Å². The molecule has 13 nitrogen and oxygen atoms in total. The summed E-state index contributed by atoms with van der Waals surface area (Å²) < 4.78 is 14.0. The molecule has 13 heteroatoms. The lowest BCUT2D eigenvalue weighted by atomic mass is 9.90. The van der Waals surface area contributed by atoms with E-state index in [1.807, 2.05) is 0 Å². The molecule has 2 fully saturated rings. The Hall–Kier alpha value is -1.87. The second kappa shape index (κ2) is 6.45. The molecule has 1 amide bonds. The van der Waals surface area contributed by atoms with Crippen LogP contribution in [0.25, 0.3) is 0 Å². The highest BCUT2D eigenvalue weighted by molar-refractivity contribution is 5.87. The van der Waals surface area contributed by atoms with Crippen LogP contribution in [0, 0.1) is 0 Å². The number of fused-ring (bicyclic) bond motifs is 1. The fraction of sp³-hybridized carbons (Fsp3) is 0.750. The number of amides is 1. The normalized spacial score (nSPS) is 44.7. The highest BCUT2D eigenvalue weighted by Crippen LogP contribution is 2.40. The van der Waals surface area contributed by atoms with Crippen LogP contribution in [0.2, 0.25) is 0 Å². The molecular weight excluding hydrogens is 350 g/mol. The topological polar surface area (TPSA) is 212 Å². The molecule has 0 saturated carbocycles. The molecule has 25 heavy (non-hydrogen) atoms. The minimum Gasteiger partial charge on any atom is -0.424 e. The molecule has 2 heterocycles. The fourth-order valence-corrected chi connectivity index (χ4v) is 2.48. The van der Waals surface area contributed by atoms with Crippen molar-refractivity contribution in [3.05, 3.63) is 0 Å². The summed E-state index contributed by atoms with van der Waals surface area (Å²) in [5.41, 5.74) is -3.10. The number of ether oxygens (including phenoxy) is 3. The van der Waals surface area contributed by atoms with Crippen molar-refractivity contribution in [3.8, 4) is 0 Å². The van der Waals surface area contributed by atoms with Gasteiger partial charge < -0.3 is 50.2 Å². The van der Waals surface area contributed by atoms with Gasteiger partial charge in [0.2, 0.25) is 5.91 Å². The Kier molecular flexibility index (Phi) is 5.02. The summed E-state index contributed by atoms with van der Waals surface area (Å²) in [4.78, 5) is 35.2. The van der Waals surface area contributed by atoms with Crippen LogP contribution in [-0.2, 0) is 28.6 Å². The molecule has 0 radical (unpaired) electrons. The Morgan fingerprint density at radius 3 is 2.12 bits per heavy atom. The first-order valence-electron chi connectivity index (χ1n) is 6.97. The van der Waals surface area contributed by atoms with Gasteiger partial charge in [-0.25, -0.2) is 9.59 Å². The number of nitrogens with one attached hydrogen (secondary N) is 1. The van der Waals surface area contributed by atoms with Crippen LogP contribution in [0.3, 0.4) is 0 Å². The molecule has 0 aromatic heterocycles. The van der Waals surface area contributed by atoms with Crippen LogP contribution in [-0.4, -0.2) is 97.3 Å². The third-order valence-corrected chi connectivity index (χ3v) is 3.73. The molecule has 2 aliphatic heterocycles. The molecule has 0 spiro atoms. The van der Waals surface area contributed by atoms with E-state index in [1.54, 1.807) is 5.32 Å². The molecule has 7 atom stereocenters. The second-order valence-corrected chi connectivity index (χ2v) is 5.50. The number of hydrogen-bond acceptors (Lipinski definition) is 12. The molecule has 2 unspecified atom stereocenters. The predicted octanol–water partition coefficient (Wildman–Crippen LogP) is -5.60. The Labute approximate surface area is 139 Å². The summed E-state index contributed by atoms with van der Waals surface area (Å²) in [6, 6.07) is 0. The zero-order valence-electron chi connectivity index (χ0n) is 12.7. The Balaban J connectivity index is 2.62. The van der Waals surface area contributed by atoms with Gasteiger partial charge in [-0.05, 0) is 0 Å². The predicted molar refractivity (Wildman–Crippen MR) is 69.7 cm³/mol. The lowest BCUT2D eigenvalue weighted by Crippen LogP contribution is -2.82. The summed E-state index contributed by atoms with van der Waals surface area (Å²) in [5.74, 6) is -7.98.